The molecule has 0 unspecified atom stereocenters. The van der Waals surface area contributed by atoms with Gasteiger partial charge < -0.3 is 4.74 Å². The summed E-state index contributed by atoms with van der Waals surface area (Å²) in [6, 6.07) is 1.66. The van der Waals surface area contributed by atoms with E-state index in [4.69, 9.17) is 16.9 Å². The highest BCUT2D eigenvalue weighted by Crippen LogP contribution is 1.94. The molecule has 0 saturated carbocycles. The minimum atomic E-state index is -0.547. The van der Waals surface area contributed by atoms with Gasteiger partial charge in [0.05, 0.1) is 30.7 Å². The van der Waals surface area contributed by atoms with Crippen LogP contribution in [0.1, 0.15) is 19.8 Å². The molecule has 1 N–H and O–H groups in total. The van der Waals surface area contributed by atoms with Crippen LogP contribution in [0.5, 0.6) is 0 Å². The maximum atomic E-state index is 11.1. The van der Waals surface area contributed by atoms with E-state index in [1.54, 1.807) is 13.0 Å². The third kappa shape index (κ3) is 6.79. The normalized spacial score (nSPS) is 10.4. The van der Waals surface area contributed by atoms with E-state index in [0.717, 1.165) is 0 Å². The Morgan fingerprint density at radius 3 is 2.75 bits per heavy atom. The fourth-order valence-electron chi connectivity index (χ4n) is 0.748. The van der Waals surface area contributed by atoms with Crippen molar-refractivity contribution in [2.24, 2.45) is 5.10 Å². The number of nitriles is 1. The van der Waals surface area contributed by atoms with Gasteiger partial charge in [-0.15, -0.1) is 11.6 Å². The Labute approximate surface area is 98.2 Å². The minimum Gasteiger partial charge on any atom is -0.466 e. The third-order valence-electron chi connectivity index (χ3n) is 1.39. The lowest BCUT2D eigenvalue weighted by Crippen LogP contribution is -2.21. The van der Waals surface area contributed by atoms with Crippen LogP contribution in [0.3, 0.4) is 0 Å². The second-order valence-corrected chi connectivity index (χ2v) is 2.93. The second-order valence-electron chi connectivity index (χ2n) is 2.66. The molecular weight excluding hydrogens is 234 g/mol. The number of carbonyl (C=O) groups is 2. The number of alkyl halides is 1. The average molecular weight is 246 g/mol. The van der Waals surface area contributed by atoms with E-state index < -0.39 is 11.9 Å². The van der Waals surface area contributed by atoms with Crippen LogP contribution >= 0.6 is 11.6 Å². The number of hydrazone groups is 1. The molecule has 0 bridgehead atoms. The van der Waals surface area contributed by atoms with Crippen LogP contribution in [0, 0.1) is 11.3 Å². The van der Waals surface area contributed by atoms with Crippen molar-refractivity contribution in [3.8, 4) is 6.07 Å². The van der Waals surface area contributed by atoms with Crippen molar-refractivity contribution < 1.29 is 14.3 Å². The molecule has 0 aliphatic rings. The number of carbonyl (C=O) groups excluding carboxylic acids is 2. The summed E-state index contributed by atoms with van der Waals surface area (Å²) in [5.74, 6) is -1.00. The summed E-state index contributed by atoms with van der Waals surface area (Å²) in [7, 11) is 0. The lowest BCUT2D eigenvalue weighted by Gasteiger charge is -2.03. The molecule has 0 atom stereocenters. The van der Waals surface area contributed by atoms with Gasteiger partial charge in [0.15, 0.2) is 0 Å². The highest BCUT2D eigenvalue weighted by molar-refractivity contribution is 6.30. The molecule has 0 aromatic rings. The van der Waals surface area contributed by atoms with Crippen LogP contribution in [0.2, 0.25) is 0 Å². The first-order valence-electron chi connectivity index (χ1n) is 4.56. The Bertz CT molecular complexity index is 322. The first-order valence-corrected chi connectivity index (χ1v) is 5.10. The van der Waals surface area contributed by atoms with Crippen LogP contribution in [0.25, 0.3) is 0 Å². The number of hydrogen-bond donors (Lipinski definition) is 1. The van der Waals surface area contributed by atoms with E-state index in [9.17, 15) is 9.59 Å². The molecule has 1 amide bonds. The maximum Gasteiger partial charge on any atom is 0.311 e. The first kappa shape index (κ1) is 14.4. The van der Waals surface area contributed by atoms with Crippen molar-refractivity contribution in [2.45, 2.75) is 19.8 Å². The molecular formula is C9H12ClN3O3. The molecule has 0 aromatic carbocycles. The second kappa shape index (κ2) is 8.68. The van der Waals surface area contributed by atoms with Gasteiger partial charge in [0.1, 0.15) is 6.42 Å². The molecule has 6 nitrogen and oxygen atoms in total. The highest BCUT2D eigenvalue weighted by atomic mass is 35.5. The summed E-state index contributed by atoms with van der Waals surface area (Å²) in [4.78, 5) is 21.9. The number of ether oxygens (including phenoxy) is 1. The lowest BCUT2D eigenvalue weighted by atomic mass is 10.3. The van der Waals surface area contributed by atoms with Crippen LogP contribution in [0.15, 0.2) is 5.10 Å². The fraction of sp³-hybridized carbons (Fsp3) is 0.556. The average Bonchev–Trinajstić information content (AvgIpc) is 2.25. The number of rotatable bonds is 6. The Balaban J connectivity index is 4.17. The Morgan fingerprint density at radius 2 is 2.25 bits per heavy atom. The largest absolute Gasteiger partial charge is 0.466 e. The van der Waals surface area contributed by atoms with E-state index in [0.29, 0.717) is 0 Å². The van der Waals surface area contributed by atoms with Crippen molar-refractivity contribution in [1.82, 2.24) is 5.43 Å². The molecule has 0 heterocycles. The van der Waals surface area contributed by atoms with Crippen molar-refractivity contribution >= 4 is 29.2 Å². The zero-order chi connectivity index (χ0) is 12.4. The van der Waals surface area contributed by atoms with Crippen molar-refractivity contribution in [1.29, 1.82) is 5.26 Å². The van der Waals surface area contributed by atoms with Gasteiger partial charge in [-0.2, -0.15) is 10.4 Å². The first-order chi connectivity index (χ1) is 7.63. The minimum absolute atomic E-state index is 0.00560. The number of halogens is 1. The molecule has 0 radical (unpaired) electrons. The molecule has 0 aliphatic heterocycles. The molecule has 0 saturated heterocycles. The zero-order valence-corrected chi connectivity index (χ0v) is 9.58. The third-order valence-corrected chi connectivity index (χ3v) is 1.69. The summed E-state index contributed by atoms with van der Waals surface area (Å²) in [5.41, 5.74) is 2.40. The lowest BCUT2D eigenvalue weighted by molar-refractivity contribution is -0.141. The number of amides is 1. The number of esters is 1. The summed E-state index contributed by atoms with van der Waals surface area (Å²) in [6.07, 6.45) is -0.372. The Morgan fingerprint density at radius 1 is 1.56 bits per heavy atom. The predicted octanol–water partition coefficient (Wildman–Crippen LogP) is 0.564. The van der Waals surface area contributed by atoms with Crippen LogP contribution < -0.4 is 5.43 Å². The van der Waals surface area contributed by atoms with E-state index in [-0.39, 0.29) is 31.0 Å². The molecule has 0 spiro atoms. The SMILES string of the molecule is CCOC(=O)C/C(CCl)=N/NC(=O)CC#N. The zero-order valence-electron chi connectivity index (χ0n) is 8.83. The predicted molar refractivity (Wildman–Crippen MR) is 57.8 cm³/mol. The van der Waals surface area contributed by atoms with Gasteiger partial charge in [0.2, 0.25) is 0 Å². The van der Waals surface area contributed by atoms with Gasteiger partial charge in [-0.25, -0.2) is 5.43 Å². The molecule has 0 rings (SSSR count). The van der Waals surface area contributed by atoms with Crippen LogP contribution in [-0.4, -0.2) is 30.1 Å². The molecule has 0 fully saturated rings. The van der Waals surface area contributed by atoms with E-state index in [1.165, 1.54) is 0 Å². The van der Waals surface area contributed by atoms with Gasteiger partial charge >= 0.3 is 5.97 Å². The smallest absolute Gasteiger partial charge is 0.311 e. The summed E-state index contributed by atoms with van der Waals surface area (Å²) in [6.45, 7) is 1.96. The molecule has 0 aromatic heterocycles. The number of hydrogen-bond acceptors (Lipinski definition) is 5. The Hall–Kier alpha value is -1.61. The van der Waals surface area contributed by atoms with Gasteiger partial charge in [-0.1, -0.05) is 0 Å². The fourth-order valence-corrected chi connectivity index (χ4v) is 0.902. The van der Waals surface area contributed by atoms with Gasteiger partial charge in [0.25, 0.3) is 5.91 Å². The van der Waals surface area contributed by atoms with Crippen LogP contribution in [-0.2, 0) is 14.3 Å². The highest BCUT2D eigenvalue weighted by Gasteiger charge is 2.08. The summed E-state index contributed by atoms with van der Waals surface area (Å²) in [5, 5.41) is 11.8. The van der Waals surface area contributed by atoms with Crippen LogP contribution in [0.4, 0.5) is 0 Å². The maximum absolute atomic E-state index is 11.1. The molecule has 0 aliphatic carbocycles. The number of nitrogens with zero attached hydrogens (tertiary/aromatic N) is 2. The van der Waals surface area contributed by atoms with E-state index in [1.807, 2.05) is 0 Å². The van der Waals surface area contributed by atoms with Gasteiger partial charge in [-0.3, -0.25) is 9.59 Å². The van der Waals surface area contributed by atoms with Gasteiger partial charge in [0, 0.05) is 0 Å². The van der Waals surface area contributed by atoms with Crippen molar-refractivity contribution in [3.63, 3.8) is 0 Å². The van der Waals surface area contributed by atoms with Gasteiger partial charge in [-0.05, 0) is 6.92 Å². The summed E-state index contributed by atoms with van der Waals surface area (Å²) >= 11 is 5.52. The molecule has 88 valence electrons. The van der Waals surface area contributed by atoms with E-state index >= 15 is 0 Å². The topological polar surface area (TPSA) is 91.5 Å². The molecule has 7 heteroatoms. The monoisotopic (exact) mass is 245 g/mol. The summed E-state index contributed by atoms with van der Waals surface area (Å²) < 4.78 is 4.69. The Kier molecular flexibility index (Phi) is 7.81. The number of nitrogens with one attached hydrogen (secondary N) is 1. The quantitative estimate of drug-likeness (QED) is 0.320. The van der Waals surface area contributed by atoms with Crippen molar-refractivity contribution in [3.05, 3.63) is 0 Å². The van der Waals surface area contributed by atoms with E-state index in [2.05, 4.69) is 15.3 Å². The molecule has 16 heavy (non-hydrogen) atoms. The van der Waals surface area contributed by atoms with Crippen molar-refractivity contribution in [2.75, 3.05) is 12.5 Å². The standard InChI is InChI=1S/C9H12ClN3O3/c1-2-16-9(15)5-7(6-10)12-13-8(14)3-4-11/h2-3,5-6H2,1H3,(H,13,14)/b12-7-.